The fraction of sp³-hybridized carbons (Fsp3) is 0.875. The monoisotopic (exact) mass is 157 g/mol. The molecule has 0 N–H and O–H groups in total. The number of hydrogen-bond acceptors (Lipinski definition) is 2. The summed E-state index contributed by atoms with van der Waals surface area (Å²) in [4.78, 5) is 12.9. The largest absolute Gasteiger partial charge is 0.444 e. The van der Waals surface area contributed by atoms with Gasteiger partial charge in [0.25, 0.3) is 0 Å². The molecule has 0 aromatic rings. The highest BCUT2D eigenvalue weighted by Gasteiger charge is 2.30. The Morgan fingerprint density at radius 1 is 1.82 bits per heavy atom. The van der Waals surface area contributed by atoms with Crippen molar-refractivity contribution >= 4 is 6.09 Å². The Balaban J connectivity index is 2.52. The highest BCUT2D eigenvalue weighted by atomic mass is 16.6. The summed E-state index contributed by atoms with van der Waals surface area (Å²) in [6, 6.07) is 0.312. The fourth-order valence-corrected chi connectivity index (χ4v) is 1.21. The molecule has 1 aliphatic rings. The normalized spacial score (nSPS) is 27.0. The Kier molecular flexibility index (Phi) is 2.37. The Bertz CT molecular complexity index is 158. The van der Waals surface area contributed by atoms with Crippen LogP contribution in [0.5, 0.6) is 0 Å². The minimum atomic E-state index is -0.160. The van der Waals surface area contributed by atoms with Gasteiger partial charge < -0.3 is 9.64 Å². The van der Waals surface area contributed by atoms with Crippen LogP contribution in [0.3, 0.4) is 0 Å². The third-order valence-corrected chi connectivity index (χ3v) is 2.11. The molecule has 1 aliphatic heterocycles. The summed E-state index contributed by atoms with van der Waals surface area (Å²) < 4.78 is 4.98. The van der Waals surface area contributed by atoms with E-state index in [2.05, 4.69) is 6.92 Å². The van der Waals surface area contributed by atoms with E-state index in [9.17, 15) is 4.79 Å². The Morgan fingerprint density at radius 2 is 2.45 bits per heavy atom. The van der Waals surface area contributed by atoms with E-state index < -0.39 is 0 Å². The molecule has 3 nitrogen and oxygen atoms in total. The van der Waals surface area contributed by atoms with Gasteiger partial charge in [-0.15, -0.1) is 0 Å². The van der Waals surface area contributed by atoms with E-state index in [-0.39, 0.29) is 12.2 Å². The summed E-state index contributed by atoms with van der Waals surface area (Å²) in [6.07, 6.45) is 0.894. The molecule has 1 fully saturated rings. The average molecular weight is 157 g/mol. The highest BCUT2D eigenvalue weighted by Crippen LogP contribution is 2.15. The third-order valence-electron chi connectivity index (χ3n) is 2.11. The van der Waals surface area contributed by atoms with Crippen LogP contribution in [-0.2, 0) is 4.74 Å². The number of cyclic esters (lactones) is 1. The predicted molar refractivity (Wildman–Crippen MR) is 42.4 cm³/mol. The van der Waals surface area contributed by atoms with Crippen LogP contribution in [0.2, 0.25) is 0 Å². The van der Waals surface area contributed by atoms with Crippen molar-refractivity contribution in [3.05, 3.63) is 0 Å². The van der Waals surface area contributed by atoms with E-state index >= 15 is 0 Å². The number of ether oxygens (including phenoxy) is 1. The van der Waals surface area contributed by atoms with Crippen LogP contribution in [0, 0.1) is 0 Å². The topological polar surface area (TPSA) is 29.5 Å². The van der Waals surface area contributed by atoms with Gasteiger partial charge in [-0.1, -0.05) is 6.92 Å². The zero-order valence-electron chi connectivity index (χ0n) is 7.33. The summed E-state index contributed by atoms with van der Waals surface area (Å²) >= 11 is 0. The van der Waals surface area contributed by atoms with Crippen LogP contribution < -0.4 is 0 Å². The minimum absolute atomic E-state index is 0.0662. The number of amides is 1. The smallest absolute Gasteiger partial charge is 0.410 e. The van der Waals surface area contributed by atoms with E-state index in [1.54, 1.807) is 4.90 Å². The van der Waals surface area contributed by atoms with E-state index in [1.165, 1.54) is 0 Å². The number of nitrogens with zero attached hydrogens (tertiary/aromatic N) is 1. The van der Waals surface area contributed by atoms with Crippen molar-refractivity contribution in [1.82, 2.24) is 4.90 Å². The summed E-state index contributed by atoms with van der Waals surface area (Å²) in [7, 11) is 0. The number of hydrogen-bond donors (Lipinski definition) is 0. The molecule has 0 saturated carbocycles. The lowest BCUT2D eigenvalue weighted by molar-refractivity contribution is 0.133. The molecule has 0 radical (unpaired) electrons. The maximum atomic E-state index is 11.1. The summed E-state index contributed by atoms with van der Waals surface area (Å²) in [6.45, 7) is 6.77. The van der Waals surface area contributed by atoms with Gasteiger partial charge in [-0.05, 0) is 20.3 Å². The quantitative estimate of drug-likeness (QED) is 0.609. The van der Waals surface area contributed by atoms with Crippen LogP contribution in [0.4, 0.5) is 4.79 Å². The highest BCUT2D eigenvalue weighted by molar-refractivity contribution is 5.70. The fourth-order valence-electron chi connectivity index (χ4n) is 1.21. The molecule has 1 rings (SSSR count). The van der Waals surface area contributed by atoms with Crippen LogP contribution in [0.25, 0.3) is 0 Å². The first-order valence-corrected chi connectivity index (χ1v) is 4.12. The van der Waals surface area contributed by atoms with E-state index in [1.807, 2.05) is 13.8 Å². The maximum Gasteiger partial charge on any atom is 0.410 e. The number of carbonyl (C=O) groups excluding carboxylic acids is 1. The summed E-state index contributed by atoms with van der Waals surface area (Å²) in [5.41, 5.74) is 0. The van der Waals surface area contributed by atoms with Gasteiger partial charge in [0, 0.05) is 6.04 Å². The van der Waals surface area contributed by atoms with Gasteiger partial charge in [0.2, 0.25) is 0 Å². The Labute approximate surface area is 67.3 Å². The molecular formula is C8H15NO2. The second-order valence-electron chi connectivity index (χ2n) is 3.10. The first-order chi connectivity index (χ1) is 5.15. The Morgan fingerprint density at radius 3 is 2.82 bits per heavy atom. The van der Waals surface area contributed by atoms with Crippen molar-refractivity contribution < 1.29 is 9.53 Å². The van der Waals surface area contributed by atoms with Crippen LogP contribution in [-0.4, -0.2) is 29.7 Å². The van der Waals surface area contributed by atoms with Crippen LogP contribution in [0.15, 0.2) is 0 Å². The zero-order valence-corrected chi connectivity index (χ0v) is 7.33. The second kappa shape index (κ2) is 3.11. The maximum absolute atomic E-state index is 11.1. The van der Waals surface area contributed by atoms with Crippen molar-refractivity contribution in [1.29, 1.82) is 0 Å². The second-order valence-corrected chi connectivity index (χ2v) is 3.10. The molecule has 2 unspecified atom stereocenters. The molecule has 1 heterocycles. The molecule has 0 aromatic heterocycles. The van der Waals surface area contributed by atoms with Crippen molar-refractivity contribution in [2.75, 3.05) is 6.54 Å². The van der Waals surface area contributed by atoms with Gasteiger partial charge in [-0.2, -0.15) is 0 Å². The van der Waals surface area contributed by atoms with Crippen LogP contribution >= 0.6 is 0 Å². The molecule has 0 bridgehead atoms. The zero-order chi connectivity index (χ0) is 8.43. The van der Waals surface area contributed by atoms with Gasteiger partial charge in [0.05, 0.1) is 6.54 Å². The molecule has 64 valence electrons. The molecule has 0 aromatic carbocycles. The van der Waals surface area contributed by atoms with Crippen molar-refractivity contribution in [3.8, 4) is 0 Å². The summed E-state index contributed by atoms with van der Waals surface area (Å²) in [5, 5.41) is 0. The lowest BCUT2D eigenvalue weighted by atomic mass is 10.2. The van der Waals surface area contributed by atoms with Crippen molar-refractivity contribution in [2.24, 2.45) is 0 Å². The molecule has 2 atom stereocenters. The van der Waals surface area contributed by atoms with Gasteiger partial charge in [-0.3, -0.25) is 0 Å². The first-order valence-electron chi connectivity index (χ1n) is 4.12. The van der Waals surface area contributed by atoms with Gasteiger partial charge in [0.1, 0.15) is 6.10 Å². The van der Waals surface area contributed by atoms with E-state index in [4.69, 9.17) is 4.74 Å². The molecule has 3 heteroatoms. The molecular weight excluding hydrogens is 142 g/mol. The first kappa shape index (κ1) is 8.37. The minimum Gasteiger partial charge on any atom is -0.444 e. The number of carbonyl (C=O) groups is 1. The van der Waals surface area contributed by atoms with Gasteiger partial charge >= 0.3 is 6.09 Å². The van der Waals surface area contributed by atoms with Gasteiger partial charge in [-0.25, -0.2) is 4.79 Å². The van der Waals surface area contributed by atoms with Crippen molar-refractivity contribution in [3.63, 3.8) is 0 Å². The van der Waals surface area contributed by atoms with E-state index in [0.717, 1.165) is 13.0 Å². The third kappa shape index (κ3) is 1.64. The molecule has 1 saturated heterocycles. The molecule has 1 amide bonds. The Hall–Kier alpha value is -0.730. The van der Waals surface area contributed by atoms with Crippen LogP contribution in [0.1, 0.15) is 27.2 Å². The number of rotatable bonds is 2. The standard InChI is InChI=1S/C8H15NO2/c1-4-6(2)9-5-7(3)11-8(9)10/h6-7H,4-5H2,1-3H3. The predicted octanol–water partition coefficient (Wildman–Crippen LogP) is 1.63. The SMILES string of the molecule is CCC(C)N1CC(C)OC1=O. The van der Waals surface area contributed by atoms with E-state index in [0.29, 0.717) is 6.04 Å². The van der Waals surface area contributed by atoms with Gasteiger partial charge in [0.15, 0.2) is 0 Å². The molecule has 0 spiro atoms. The lowest BCUT2D eigenvalue weighted by Gasteiger charge is -2.19. The lowest BCUT2D eigenvalue weighted by Crippen LogP contribution is -2.33. The average Bonchev–Trinajstić information content (AvgIpc) is 2.28. The molecule has 11 heavy (non-hydrogen) atoms. The molecule has 0 aliphatic carbocycles. The summed E-state index contributed by atoms with van der Waals surface area (Å²) in [5.74, 6) is 0. The van der Waals surface area contributed by atoms with Crippen molar-refractivity contribution in [2.45, 2.75) is 39.3 Å².